The summed E-state index contributed by atoms with van der Waals surface area (Å²) in [7, 11) is 3.21. The number of hydrogen-bond donors (Lipinski definition) is 4. The summed E-state index contributed by atoms with van der Waals surface area (Å²) in [6, 6.07) is 24.5. The summed E-state index contributed by atoms with van der Waals surface area (Å²) in [4.78, 5) is 53.4. The first kappa shape index (κ1) is 30.7. The topological polar surface area (TPSA) is 151 Å². The van der Waals surface area contributed by atoms with Crippen LogP contribution in [0.3, 0.4) is 0 Å². The van der Waals surface area contributed by atoms with Crippen LogP contribution in [0.15, 0.2) is 95.2 Å². The van der Waals surface area contributed by atoms with Gasteiger partial charge in [-0.25, -0.2) is 9.97 Å². The van der Waals surface area contributed by atoms with Gasteiger partial charge < -0.3 is 30.1 Å². The van der Waals surface area contributed by atoms with Crippen molar-refractivity contribution in [3.63, 3.8) is 0 Å². The third kappa shape index (κ3) is 7.33. The number of imidazole rings is 2. The fraction of sp³-hybridized carbons (Fsp3) is 0.121. The molecule has 6 aromatic rings. The number of carbonyl (C=O) groups is 3. The molecule has 6 rings (SSSR count). The molecule has 2 aromatic heterocycles. The van der Waals surface area contributed by atoms with Crippen molar-refractivity contribution in [3.8, 4) is 11.5 Å². The Labute approximate surface area is 271 Å². The zero-order valence-corrected chi connectivity index (χ0v) is 26.4. The van der Waals surface area contributed by atoms with Crippen LogP contribution < -0.4 is 20.1 Å². The lowest BCUT2D eigenvalue weighted by Gasteiger charge is -2.07. The molecule has 0 aliphatic carbocycles. The number of rotatable bonds is 12. The minimum Gasteiger partial charge on any atom is -0.497 e. The molecule has 2 amide bonds. The molecule has 11 nitrogen and oxygen atoms in total. The van der Waals surface area contributed by atoms with Crippen molar-refractivity contribution in [2.45, 2.75) is 10.3 Å². The molecule has 0 unspecified atom stereocenters. The number of aromatic amines is 2. The molecule has 232 valence electrons. The highest BCUT2D eigenvalue weighted by Gasteiger charge is 2.13. The Hall–Kier alpha value is -5.27. The number of hydrogen-bond acceptors (Lipinski definition) is 9. The number of ether oxygens (including phenoxy) is 2. The Balaban J connectivity index is 0.971. The number of ketones is 1. The molecular formula is C33H28N6O5S2. The van der Waals surface area contributed by atoms with E-state index in [1.165, 1.54) is 23.5 Å². The molecule has 0 saturated heterocycles. The van der Waals surface area contributed by atoms with Crippen molar-refractivity contribution in [2.75, 3.05) is 36.4 Å². The molecular weight excluding hydrogens is 625 g/mol. The van der Waals surface area contributed by atoms with Gasteiger partial charge in [-0.3, -0.25) is 14.4 Å². The highest BCUT2D eigenvalue weighted by molar-refractivity contribution is 8.00. The predicted octanol–water partition coefficient (Wildman–Crippen LogP) is 6.15. The molecule has 0 aliphatic heterocycles. The van der Waals surface area contributed by atoms with Crippen LogP contribution in [-0.4, -0.2) is 63.3 Å². The number of H-pyrrole nitrogens is 2. The molecule has 0 spiro atoms. The lowest BCUT2D eigenvalue weighted by molar-refractivity contribution is -0.114. The summed E-state index contributed by atoms with van der Waals surface area (Å²) < 4.78 is 10.5. The van der Waals surface area contributed by atoms with Gasteiger partial charge in [0.15, 0.2) is 16.1 Å². The average Bonchev–Trinajstić information content (AvgIpc) is 3.69. The van der Waals surface area contributed by atoms with Crippen molar-refractivity contribution in [1.82, 2.24) is 19.9 Å². The Morgan fingerprint density at radius 3 is 1.43 bits per heavy atom. The predicted molar refractivity (Wildman–Crippen MR) is 180 cm³/mol. The quantitative estimate of drug-likeness (QED) is 0.0902. The van der Waals surface area contributed by atoms with Crippen molar-refractivity contribution in [1.29, 1.82) is 0 Å². The first-order valence-electron chi connectivity index (χ1n) is 14.0. The van der Waals surface area contributed by atoms with Gasteiger partial charge in [0.1, 0.15) is 11.5 Å². The fourth-order valence-corrected chi connectivity index (χ4v) is 5.93. The van der Waals surface area contributed by atoms with E-state index in [4.69, 9.17) is 9.47 Å². The first-order valence-corrected chi connectivity index (χ1v) is 16.0. The Kier molecular flexibility index (Phi) is 9.22. The van der Waals surface area contributed by atoms with Gasteiger partial charge in [0.25, 0.3) is 0 Å². The number of methoxy groups -OCH3 is 2. The second-order valence-electron chi connectivity index (χ2n) is 10.0. The van der Waals surface area contributed by atoms with Gasteiger partial charge in [0.2, 0.25) is 11.8 Å². The Morgan fingerprint density at radius 1 is 0.630 bits per heavy atom. The van der Waals surface area contributed by atoms with Gasteiger partial charge >= 0.3 is 0 Å². The maximum atomic E-state index is 13.0. The molecule has 13 heteroatoms. The normalized spacial score (nSPS) is 11.0. The van der Waals surface area contributed by atoms with Crippen molar-refractivity contribution in [2.24, 2.45) is 0 Å². The number of amides is 2. The number of benzene rings is 4. The number of fused-ring (bicyclic) bond motifs is 2. The van der Waals surface area contributed by atoms with Crippen LogP contribution in [0.5, 0.6) is 11.5 Å². The van der Waals surface area contributed by atoms with Crippen LogP contribution >= 0.6 is 23.5 Å². The van der Waals surface area contributed by atoms with Crippen LogP contribution in [-0.2, 0) is 9.59 Å². The zero-order valence-electron chi connectivity index (χ0n) is 24.7. The SMILES string of the molecule is COc1ccc2nc(SCC(=O)Nc3ccc(C(=O)c4ccc(NC(=O)CSc5nc6ccc(OC)cc6[nH]5)cc4)cc3)[nH]c2c1. The molecule has 0 atom stereocenters. The highest BCUT2D eigenvalue weighted by Crippen LogP contribution is 2.25. The monoisotopic (exact) mass is 652 g/mol. The molecule has 2 heterocycles. The van der Waals surface area contributed by atoms with E-state index in [9.17, 15) is 14.4 Å². The maximum absolute atomic E-state index is 13.0. The van der Waals surface area contributed by atoms with Crippen molar-refractivity contribution in [3.05, 3.63) is 96.1 Å². The Morgan fingerprint density at radius 2 is 1.04 bits per heavy atom. The van der Waals surface area contributed by atoms with E-state index in [1.807, 2.05) is 36.4 Å². The average molecular weight is 653 g/mol. The van der Waals surface area contributed by atoms with Gasteiger partial charge in [-0.2, -0.15) is 0 Å². The Bertz CT molecular complexity index is 1890. The maximum Gasteiger partial charge on any atom is 0.234 e. The second kappa shape index (κ2) is 13.8. The summed E-state index contributed by atoms with van der Waals surface area (Å²) in [5, 5.41) is 6.95. The van der Waals surface area contributed by atoms with Gasteiger partial charge in [-0.05, 0) is 72.8 Å². The molecule has 0 aliphatic rings. The number of nitrogens with one attached hydrogen (secondary N) is 4. The van der Waals surface area contributed by atoms with Crippen molar-refractivity contribution >= 4 is 74.6 Å². The lowest BCUT2D eigenvalue weighted by atomic mass is 10.0. The summed E-state index contributed by atoms with van der Waals surface area (Å²) in [6.07, 6.45) is 0. The van der Waals surface area contributed by atoms with Gasteiger partial charge in [0.05, 0.1) is 47.8 Å². The zero-order chi connectivity index (χ0) is 32.0. The van der Waals surface area contributed by atoms with Crippen molar-refractivity contribution < 1.29 is 23.9 Å². The van der Waals surface area contributed by atoms with E-state index in [1.54, 1.807) is 62.8 Å². The number of carbonyl (C=O) groups excluding carboxylic acids is 3. The second-order valence-corrected chi connectivity index (χ2v) is 11.9. The molecule has 0 radical (unpaired) electrons. The van der Waals surface area contributed by atoms with Crippen LogP contribution in [0.4, 0.5) is 11.4 Å². The summed E-state index contributed by atoms with van der Waals surface area (Å²) in [5.41, 5.74) is 5.35. The molecule has 4 N–H and O–H groups in total. The van der Waals surface area contributed by atoms with E-state index in [0.29, 0.717) is 32.8 Å². The van der Waals surface area contributed by atoms with E-state index in [-0.39, 0.29) is 29.1 Å². The molecule has 0 fully saturated rings. The largest absolute Gasteiger partial charge is 0.497 e. The fourth-order valence-electron chi connectivity index (χ4n) is 4.56. The smallest absolute Gasteiger partial charge is 0.234 e. The van der Waals surface area contributed by atoms with Crippen LogP contribution in [0, 0.1) is 0 Å². The van der Waals surface area contributed by atoms with Gasteiger partial charge in [-0.1, -0.05) is 23.5 Å². The number of thioether (sulfide) groups is 2. The summed E-state index contributed by atoms with van der Waals surface area (Å²) >= 11 is 2.58. The highest BCUT2D eigenvalue weighted by atomic mass is 32.2. The van der Waals surface area contributed by atoms with E-state index < -0.39 is 0 Å². The van der Waals surface area contributed by atoms with Crippen LogP contribution in [0.1, 0.15) is 15.9 Å². The van der Waals surface area contributed by atoms with Gasteiger partial charge in [0, 0.05) is 34.6 Å². The summed E-state index contributed by atoms with van der Waals surface area (Å²) in [5.74, 6) is 1.20. The molecule has 0 bridgehead atoms. The first-order chi connectivity index (χ1) is 22.4. The van der Waals surface area contributed by atoms with E-state index in [2.05, 4.69) is 30.6 Å². The van der Waals surface area contributed by atoms with E-state index in [0.717, 1.165) is 33.6 Å². The minimum absolute atomic E-state index is 0.161. The molecule has 4 aromatic carbocycles. The standard InChI is InChI=1S/C33H28N6O5S2/c1-43-23-11-13-25-27(15-23)38-32(36-25)45-17-29(40)34-21-7-3-19(4-8-21)31(42)20-5-9-22(10-6-20)35-30(41)18-46-33-37-26-14-12-24(44-2)16-28(26)39-33/h3-16H,17-18H2,1-2H3,(H,34,40)(H,35,41)(H,36,38)(H,37,39). The third-order valence-electron chi connectivity index (χ3n) is 6.88. The molecule has 0 saturated carbocycles. The van der Waals surface area contributed by atoms with Gasteiger partial charge in [-0.15, -0.1) is 0 Å². The summed E-state index contributed by atoms with van der Waals surface area (Å²) in [6.45, 7) is 0. The molecule has 46 heavy (non-hydrogen) atoms. The van der Waals surface area contributed by atoms with E-state index >= 15 is 0 Å². The van der Waals surface area contributed by atoms with Crippen LogP contribution in [0.2, 0.25) is 0 Å². The number of anilines is 2. The van der Waals surface area contributed by atoms with Crippen LogP contribution in [0.25, 0.3) is 22.1 Å². The number of nitrogens with zero attached hydrogens (tertiary/aromatic N) is 2. The third-order valence-corrected chi connectivity index (χ3v) is 8.62. The number of aromatic nitrogens is 4. The lowest BCUT2D eigenvalue weighted by Crippen LogP contribution is -2.14. The minimum atomic E-state index is -0.198.